The molecule has 1 heterocycles. The standard InChI is InChI=1S/C11H22ClN3O5S2Si/c1-5-7-21(16,17)11-13-10(22(12,18)19)14-15(11)9-20-6-8-23(2,3)4/h5-9H2,1-4H3. The van der Waals surface area contributed by atoms with Crippen molar-refractivity contribution in [1.29, 1.82) is 0 Å². The fourth-order valence-corrected chi connectivity index (χ4v) is 4.38. The second-order valence-corrected chi connectivity index (χ2v) is 16.4. The highest BCUT2D eigenvalue weighted by molar-refractivity contribution is 8.13. The average molecular weight is 404 g/mol. The number of sulfone groups is 1. The van der Waals surface area contributed by atoms with Crippen LogP contribution in [0.4, 0.5) is 0 Å². The Labute approximate surface area is 142 Å². The molecule has 0 aromatic carbocycles. The van der Waals surface area contributed by atoms with Crippen molar-refractivity contribution < 1.29 is 21.6 Å². The van der Waals surface area contributed by atoms with E-state index in [9.17, 15) is 16.8 Å². The molecule has 0 aliphatic heterocycles. The average Bonchev–Trinajstić information content (AvgIpc) is 2.78. The zero-order valence-corrected chi connectivity index (χ0v) is 17.0. The zero-order valence-electron chi connectivity index (χ0n) is 13.6. The molecule has 0 unspecified atom stereocenters. The number of ether oxygens (including phenoxy) is 1. The van der Waals surface area contributed by atoms with Crippen LogP contribution in [-0.4, -0.2) is 52.0 Å². The number of rotatable bonds is 9. The van der Waals surface area contributed by atoms with Crippen LogP contribution < -0.4 is 0 Å². The van der Waals surface area contributed by atoms with Crippen molar-refractivity contribution in [3.63, 3.8) is 0 Å². The number of halogens is 1. The molecule has 12 heteroatoms. The van der Waals surface area contributed by atoms with Crippen molar-refractivity contribution in [3.8, 4) is 0 Å². The van der Waals surface area contributed by atoms with Crippen LogP contribution in [0.25, 0.3) is 0 Å². The van der Waals surface area contributed by atoms with Crippen molar-refractivity contribution in [3.05, 3.63) is 0 Å². The van der Waals surface area contributed by atoms with Gasteiger partial charge in [-0.1, -0.05) is 26.6 Å². The van der Waals surface area contributed by atoms with Crippen LogP contribution in [0.1, 0.15) is 13.3 Å². The number of aromatic nitrogens is 3. The Hall–Kier alpha value is -0.493. The smallest absolute Gasteiger partial charge is 0.298 e. The molecule has 0 aliphatic carbocycles. The molecular formula is C11H22ClN3O5S2Si. The topological polar surface area (TPSA) is 108 Å². The molecule has 134 valence electrons. The van der Waals surface area contributed by atoms with Gasteiger partial charge in [-0.2, -0.15) is 4.98 Å². The summed E-state index contributed by atoms with van der Waals surface area (Å²) in [6, 6.07) is 0.888. The predicted octanol–water partition coefficient (Wildman–Crippen LogP) is 1.70. The van der Waals surface area contributed by atoms with E-state index in [1.54, 1.807) is 6.92 Å². The molecule has 1 aromatic rings. The van der Waals surface area contributed by atoms with Crippen molar-refractivity contribution in [2.45, 2.75) is 56.1 Å². The molecule has 0 aliphatic rings. The summed E-state index contributed by atoms with van der Waals surface area (Å²) in [6.07, 6.45) is 0.370. The van der Waals surface area contributed by atoms with Crippen LogP contribution in [-0.2, 0) is 30.4 Å². The molecule has 0 spiro atoms. The van der Waals surface area contributed by atoms with Crippen molar-refractivity contribution in [1.82, 2.24) is 14.8 Å². The van der Waals surface area contributed by atoms with E-state index in [0.717, 1.165) is 10.7 Å². The highest BCUT2D eigenvalue weighted by atomic mass is 35.7. The van der Waals surface area contributed by atoms with Crippen LogP contribution in [0.2, 0.25) is 25.7 Å². The monoisotopic (exact) mass is 403 g/mol. The van der Waals surface area contributed by atoms with Crippen molar-refractivity contribution in [2.75, 3.05) is 12.4 Å². The van der Waals surface area contributed by atoms with E-state index in [4.69, 9.17) is 15.4 Å². The van der Waals surface area contributed by atoms with Crippen LogP contribution in [0.5, 0.6) is 0 Å². The Bertz CT molecular complexity index is 740. The Morgan fingerprint density at radius 1 is 1.22 bits per heavy atom. The first-order valence-corrected chi connectivity index (χ1v) is 14.7. The van der Waals surface area contributed by atoms with E-state index in [0.29, 0.717) is 13.0 Å². The van der Waals surface area contributed by atoms with Gasteiger partial charge in [0.15, 0.2) is 0 Å². The van der Waals surface area contributed by atoms with E-state index >= 15 is 0 Å². The lowest BCUT2D eigenvalue weighted by molar-refractivity contribution is 0.0708. The van der Waals surface area contributed by atoms with Gasteiger partial charge in [-0.3, -0.25) is 0 Å². The quantitative estimate of drug-likeness (QED) is 0.350. The van der Waals surface area contributed by atoms with E-state index in [1.807, 2.05) is 0 Å². The number of nitrogens with zero attached hydrogens (tertiary/aromatic N) is 3. The molecule has 0 N–H and O–H groups in total. The third-order valence-corrected chi connectivity index (χ3v) is 7.33. The van der Waals surface area contributed by atoms with Crippen LogP contribution in [0.15, 0.2) is 10.3 Å². The summed E-state index contributed by atoms with van der Waals surface area (Å²) in [5.41, 5.74) is 0. The fourth-order valence-electron chi connectivity index (χ4n) is 1.61. The maximum Gasteiger partial charge on any atom is 0.298 e. The minimum atomic E-state index is -4.22. The molecule has 23 heavy (non-hydrogen) atoms. The molecule has 0 atom stereocenters. The van der Waals surface area contributed by atoms with Crippen molar-refractivity contribution in [2.24, 2.45) is 0 Å². The van der Waals surface area contributed by atoms with Gasteiger partial charge in [0.1, 0.15) is 6.73 Å². The van der Waals surface area contributed by atoms with Gasteiger partial charge in [0.05, 0.1) is 5.75 Å². The molecule has 0 saturated carbocycles. The van der Waals surface area contributed by atoms with Crippen LogP contribution >= 0.6 is 10.7 Å². The molecule has 0 amide bonds. The van der Waals surface area contributed by atoms with Gasteiger partial charge in [0.25, 0.3) is 14.2 Å². The summed E-state index contributed by atoms with van der Waals surface area (Å²) >= 11 is 0. The van der Waals surface area contributed by atoms with Crippen LogP contribution in [0, 0.1) is 0 Å². The first-order valence-electron chi connectivity index (χ1n) is 7.07. The molecule has 0 saturated heterocycles. The summed E-state index contributed by atoms with van der Waals surface area (Å²) in [4.78, 5) is 3.57. The third kappa shape index (κ3) is 6.49. The third-order valence-electron chi connectivity index (χ3n) is 2.80. The zero-order chi connectivity index (χ0) is 17.9. The molecule has 0 fully saturated rings. The highest BCUT2D eigenvalue weighted by Gasteiger charge is 2.27. The fraction of sp³-hybridized carbons (Fsp3) is 0.818. The molecule has 1 rings (SSSR count). The van der Waals surface area contributed by atoms with Gasteiger partial charge in [-0.15, -0.1) is 5.10 Å². The van der Waals surface area contributed by atoms with Gasteiger partial charge in [-0.05, 0) is 12.5 Å². The summed E-state index contributed by atoms with van der Waals surface area (Å²) in [5.74, 6) is -0.164. The van der Waals surface area contributed by atoms with E-state index < -0.39 is 37.3 Å². The van der Waals surface area contributed by atoms with E-state index in [-0.39, 0.29) is 12.5 Å². The lowest BCUT2D eigenvalue weighted by Gasteiger charge is -2.15. The van der Waals surface area contributed by atoms with Gasteiger partial charge in [0.2, 0.25) is 15.0 Å². The minimum absolute atomic E-state index is 0.164. The lowest BCUT2D eigenvalue weighted by Crippen LogP contribution is -2.22. The van der Waals surface area contributed by atoms with Gasteiger partial charge in [0, 0.05) is 25.4 Å². The summed E-state index contributed by atoms with van der Waals surface area (Å²) in [6.45, 7) is 8.49. The van der Waals surface area contributed by atoms with E-state index in [2.05, 4.69) is 29.7 Å². The maximum absolute atomic E-state index is 12.2. The molecule has 0 radical (unpaired) electrons. The Balaban J connectivity index is 3.03. The highest BCUT2D eigenvalue weighted by Crippen LogP contribution is 2.16. The molecular weight excluding hydrogens is 382 g/mol. The van der Waals surface area contributed by atoms with Crippen molar-refractivity contribution >= 4 is 37.6 Å². The van der Waals surface area contributed by atoms with Crippen LogP contribution in [0.3, 0.4) is 0 Å². The van der Waals surface area contributed by atoms with Gasteiger partial charge >= 0.3 is 0 Å². The SMILES string of the molecule is CCCS(=O)(=O)c1nc(S(=O)(=O)Cl)nn1COCC[Si](C)(C)C. The second kappa shape index (κ2) is 7.60. The molecule has 8 nitrogen and oxygen atoms in total. The summed E-state index contributed by atoms with van der Waals surface area (Å²) < 4.78 is 53.4. The normalized spacial score (nSPS) is 13.4. The van der Waals surface area contributed by atoms with Gasteiger partial charge in [-0.25, -0.2) is 21.5 Å². The Kier molecular flexibility index (Phi) is 6.79. The first-order chi connectivity index (χ1) is 10.4. The lowest BCUT2D eigenvalue weighted by atomic mass is 10.6. The maximum atomic E-state index is 12.2. The van der Waals surface area contributed by atoms with Gasteiger partial charge < -0.3 is 4.74 Å². The molecule has 1 aromatic heterocycles. The Morgan fingerprint density at radius 3 is 2.30 bits per heavy atom. The molecule has 0 bridgehead atoms. The van der Waals surface area contributed by atoms with E-state index in [1.165, 1.54) is 0 Å². The predicted molar refractivity (Wildman–Crippen MR) is 89.5 cm³/mol. The Morgan fingerprint density at radius 2 is 1.83 bits per heavy atom. The summed E-state index contributed by atoms with van der Waals surface area (Å²) in [7, 11) is -4.06. The first kappa shape index (κ1) is 20.6. The summed E-state index contributed by atoms with van der Waals surface area (Å²) in [5, 5.41) is 2.48. The number of hydrogen-bond donors (Lipinski definition) is 0. The largest absolute Gasteiger partial charge is 0.359 e. The number of hydrogen-bond acceptors (Lipinski definition) is 7. The second-order valence-electron chi connectivity index (χ2n) is 6.28. The minimum Gasteiger partial charge on any atom is -0.359 e.